The third-order valence-electron chi connectivity index (χ3n) is 8.01. The van der Waals surface area contributed by atoms with Gasteiger partial charge in [-0.05, 0) is 74.6 Å². The summed E-state index contributed by atoms with van der Waals surface area (Å²) < 4.78 is 0. The summed E-state index contributed by atoms with van der Waals surface area (Å²) >= 11 is 0. The van der Waals surface area contributed by atoms with Crippen molar-refractivity contribution in [3.63, 3.8) is 0 Å². The molecule has 3 atom stereocenters. The SMILES string of the molecule is CC(=O)NC1CC2(CCN(C3CC4CCC(C4)C3)CC2)c2ccccc21.[HH]. The van der Waals surface area contributed by atoms with Gasteiger partial charge >= 0.3 is 0 Å². The van der Waals surface area contributed by atoms with Crippen molar-refractivity contribution in [3.05, 3.63) is 35.4 Å². The van der Waals surface area contributed by atoms with Gasteiger partial charge in [-0.1, -0.05) is 37.1 Å². The van der Waals surface area contributed by atoms with Crippen LogP contribution >= 0.6 is 0 Å². The lowest BCUT2D eigenvalue weighted by atomic mass is 9.72. The predicted octanol–water partition coefficient (Wildman–Crippen LogP) is 4.43. The van der Waals surface area contributed by atoms with Crippen LogP contribution in [0.5, 0.6) is 0 Å². The number of hydrogen-bond acceptors (Lipinski definition) is 2. The molecule has 1 aromatic rings. The fourth-order valence-electron chi connectivity index (χ4n) is 6.83. The van der Waals surface area contributed by atoms with Gasteiger partial charge in [-0.25, -0.2) is 0 Å². The first kappa shape index (κ1) is 16.8. The first-order valence-corrected chi connectivity index (χ1v) is 10.7. The highest BCUT2D eigenvalue weighted by Gasteiger charge is 2.47. The van der Waals surface area contributed by atoms with Gasteiger partial charge in [0.1, 0.15) is 0 Å². The van der Waals surface area contributed by atoms with E-state index >= 15 is 0 Å². The summed E-state index contributed by atoms with van der Waals surface area (Å²) in [6.45, 7) is 4.13. The van der Waals surface area contributed by atoms with Crippen LogP contribution in [0, 0.1) is 11.8 Å². The molecule has 142 valence electrons. The number of carbonyl (C=O) groups is 1. The van der Waals surface area contributed by atoms with Gasteiger partial charge in [0.25, 0.3) is 0 Å². The average molecular weight is 355 g/mol. The van der Waals surface area contributed by atoms with Crippen molar-refractivity contribution in [1.29, 1.82) is 0 Å². The Morgan fingerprint density at radius 1 is 1.12 bits per heavy atom. The molecule has 1 saturated heterocycles. The van der Waals surface area contributed by atoms with Crippen LogP contribution in [0.1, 0.15) is 76.9 Å². The quantitative estimate of drug-likeness (QED) is 0.852. The molecule has 3 aliphatic carbocycles. The number of nitrogens with zero attached hydrogens (tertiary/aromatic N) is 1. The molecule has 3 unspecified atom stereocenters. The van der Waals surface area contributed by atoms with Crippen molar-refractivity contribution in [2.75, 3.05) is 13.1 Å². The van der Waals surface area contributed by atoms with E-state index in [1.807, 2.05) is 0 Å². The van der Waals surface area contributed by atoms with E-state index in [0.717, 1.165) is 24.3 Å². The minimum absolute atomic E-state index is 0. The van der Waals surface area contributed by atoms with E-state index in [1.54, 1.807) is 6.92 Å². The van der Waals surface area contributed by atoms with Crippen molar-refractivity contribution in [2.45, 2.75) is 75.8 Å². The standard InChI is InChI=1S/C23H32N2O.H2/c1-16(26)24-22-15-23(21-5-3-2-4-20(21)22)8-10-25(11-9-23)19-13-17-6-7-18(12-17)14-19;/h2-5,17-19,22H,6-15H2,1H3,(H,24,26);1H. The van der Waals surface area contributed by atoms with Crippen LogP contribution in [0.2, 0.25) is 0 Å². The second-order valence-electron chi connectivity index (χ2n) is 9.53. The van der Waals surface area contributed by atoms with Crippen LogP contribution in [0.25, 0.3) is 0 Å². The van der Waals surface area contributed by atoms with E-state index in [0.29, 0.717) is 0 Å². The Hall–Kier alpha value is -1.35. The minimum Gasteiger partial charge on any atom is -0.349 e. The summed E-state index contributed by atoms with van der Waals surface area (Å²) in [6, 6.07) is 9.92. The molecule has 26 heavy (non-hydrogen) atoms. The zero-order chi connectivity index (χ0) is 17.7. The summed E-state index contributed by atoms with van der Waals surface area (Å²) in [4.78, 5) is 14.5. The summed E-state index contributed by atoms with van der Waals surface area (Å²) in [6.07, 6.45) is 11.0. The molecule has 2 saturated carbocycles. The number of likely N-dealkylation sites (tertiary alicyclic amines) is 1. The third kappa shape index (κ3) is 2.79. The van der Waals surface area contributed by atoms with Crippen molar-refractivity contribution >= 4 is 5.91 Å². The molecular formula is C23H34N2O. The van der Waals surface area contributed by atoms with Crippen molar-refractivity contribution in [3.8, 4) is 0 Å². The maximum Gasteiger partial charge on any atom is 0.217 e. The number of benzene rings is 1. The summed E-state index contributed by atoms with van der Waals surface area (Å²) in [5.74, 6) is 2.13. The fraction of sp³-hybridized carbons (Fsp3) is 0.696. The topological polar surface area (TPSA) is 32.3 Å². The number of amides is 1. The zero-order valence-electron chi connectivity index (χ0n) is 16.0. The van der Waals surface area contributed by atoms with Crippen LogP contribution in [-0.4, -0.2) is 29.9 Å². The maximum atomic E-state index is 11.7. The Morgan fingerprint density at radius 3 is 2.50 bits per heavy atom. The summed E-state index contributed by atoms with van der Waals surface area (Å²) in [5.41, 5.74) is 3.17. The minimum atomic E-state index is 0. The zero-order valence-corrected chi connectivity index (χ0v) is 16.0. The monoisotopic (exact) mass is 354 g/mol. The van der Waals surface area contributed by atoms with Gasteiger partial charge < -0.3 is 10.2 Å². The van der Waals surface area contributed by atoms with Gasteiger partial charge in [-0.3, -0.25) is 4.79 Å². The van der Waals surface area contributed by atoms with Crippen molar-refractivity contribution < 1.29 is 6.22 Å². The first-order valence-electron chi connectivity index (χ1n) is 10.7. The van der Waals surface area contributed by atoms with Gasteiger partial charge in [0.15, 0.2) is 0 Å². The number of fused-ring (bicyclic) bond motifs is 4. The molecule has 0 aromatic heterocycles. The van der Waals surface area contributed by atoms with Gasteiger partial charge in [-0.2, -0.15) is 0 Å². The van der Waals surface area contributed by atoms with E-state index in [1.165, 1.54) is 69.2 Å². The Labute approximate surface area is 159 Å². The number of rotatable bonds is 2. The van der Waals surface area contributed by atoms with Crippen molar-refractivity contribution in [2.24, 2.45) is 11.8 Å². The van der Waals surface area contributed by atoms with E-state index in [9.17, 15) is 4.79 Å². The van der Waals surface area contributed by atoms with Crippen LogP contribution < -0.4 is 5.32 Å². The third-order valence-corrected chi connectivity index (χ3v) is 8.01. The molecule has 1 aliphatic heterocycles. The van der Waals surface area contributed by atoms with Gasteiger partial charge in [0.05, 0.1) is 6.04 Å². The van der Waals surface area contributed by atoms with Gasteiger partial charge in [0.2, 0.25) is 5.91 Å². The lowest BCUT2D eigenvalue weighted by Crippen LogP contribution is -2.48. The molecule has 0 radical (unpaired) electrons. The van der Waals surface area contributed by atoms with Gasteiger partial charge in [-0.15, -0.1) is 0 Å². The maximum absolute atomic E-state index is 11.7. The van der Waals surface area contributed by atoms with Gasteiger partial charge in [0, 0.05) is 19.8 Å². The predicted molar refractivity (Wildman–Crippen MR) is 106 cm³/mol. The molecule has 1 amide bonds. The molecule has 1 spiro atoms. The molecule has 1 aromatic carbocycles. The summed E-state index contributed by atoms with van der Waals surface area (Å²) in [7, 11) is 0. The normalized spacial score (nSPS) is 35.4. The van der Waals surface area contributed by atoms with E-state index in [4.69, 9.17) is 0 Å². The lowest BCUT2D eigenvalue weighted by molar-refractivity contribution is -0.119. The van der Waals surface area contributed by atoms with Crippen LogP contribution in [0.15, 0.2) is 24.3 Å². The lowest BCUT2D eigenvalue weighted by Gasteiger charge is -2.45. The first-order chi connectivity index (χ1) is 12.6. The fourth-order valence-corrected chi connectivity index (χ4v) is 6.83. The molecule has 3 fully saturated rings. The molecule has 2 bridgehead atoms. The highest BCUT2D eigenvalue weighted by Crippen LogP contribution is 2.52. The average Bonchev–Trinajstić information content (AvgIpc) is 3.13. The highest BCUT2D eigenvalue weighted by molar-refractivity contribution is 5.73. The van der Waals surface area contributed by atoms with Crippen molar-refractivity contribution in [1.82, 2.24) is 10.2 Å². The molecule has 1 heterocycles. The second kappa shape index (κ2) is 6.37. The molecule has 3 nitrogen and oxygen atoms in total. The number of piperidine rings is 1. The number of hydrogen-bond donors (Lipinski definition) is 1. The van der Waals surface area contributed by atoms with E-state index in [2.05, 4.69) is 34.5 Å². The Bertz CT molecular complexity index is 685. The molecule has 3 heteroatoms. The van der Waals surface area contributed by atoms with E-state index < -0.39 is 0 Å². The molecule has 1 N–H and O–H groups in total. The Balaban J connectivity index is 0.00000180. The smallest absolute Gasteiger partial charge is 0.217 e. The molecule has 4 aliphatic rings. The largest absolute Gasteiger partial charge is 0.349 e. The van der Waals surface area contributed by atoms with E-state index in [-0.39, 0.29) is 18.8 Å². The Kier molecular flexibility index (Phi) is 4.11. The van der Waals surface area contributed by atoms with Crippen LogP contribution in [0.3, 0.4) is 0 Å². The Morgan fingerprint density at radius 2 is 1.81 bits per heavy atom. The number of carbonyl (C=O) groups excluding carboxylic acids is 1. The second-order valence-corrected chi connectivity index (χ2v) is 9.53. The molecular weight excluding hydrogens is 320 g/mol. The number of nitrogens with one attached hydrogen (secondary N) is 1. The van der Waals surface area contributed by atoms with Crippen LogP contribution in [-0.2, 0) is 10.2 Å². The highest BCUT2D eigenvalue weighted by atomic mass is 16.1. The molecule has 5 rings (SSSR count). The summed E-state index contributed by atoms with van der Waals surface area (Å²) in [5, 5.41) is 3.21. The van der Waals surface area contributed by atoms with Crippen LogP contribution in [0.4, 0.5) is 0 Å².